The third-order valence-corrected chi connectivity index (χ3v) is 1.92. The highest BCUT2D eigenvalue weighted by atomic mass is 16.5. The fourth-order valence-corrected chi connectivity index (χ4v) is 1.16. The fourth-order valence-electron chi connectivity index (χ4n) is 1.16. The van der Waals surface area contributed by atoms with Gasteiger partial charge >= 0.3 is 0 Å². The van der Waals surface area contributed by atoms with Crippen molar-refractivity contribution in [2.24, 2.45) is 0 Å². The Morgan fingerprint density at radius 2 is 2.33 bits per heavy atom. The lowest BCUT2D eigenvalue weighted by Crippen LogP contribution is -2.11. The Balaban J connectivity index is 2.52. The Morgan fingerprint density at radius 3 is 3.00 bits per heavy atom. The SMILES string of the molecule is COc1cccc(NC(=O)CCCO)c1. The standard InChI is InChI=1S/C11H15NO3/c1-15-10-5-2-4-9(8-10)12-11(14)6-3-7-13/h2,4-5,8,13H,3,6-7H2,1H3,(H,12,14). The van der Waals surface area contributed by atoms with E-state index in [2.05, 4.69) is 5.32 Å². The van der Waals surface area contributed by atoms with Gasteiger partial charge in [0.2, 0.25) is 5.91 Å². The molecule has 0 aliphatic rings. The summed E-state index contributed by atoms with van der Waals surface area (Å²) in [6, 6.07) is 7.15. The van der Waals surface area contributed by atoms with Gasteiger partial charge in [0.25, 0.3) is 0 Å². The second-order valence-electron chi connectivity index (χ2n) is 3.11. The number of rotatable bonds is 5. The van der Waals surface area contributed by atoms with Gasteiger partial charge in [0, 0.05) is 24.8 Å². The van der Waals surface area contributed by atoms with Crippen molar-refractivity contribution in [1.29, 1.82) is 0 Å². The zero-order chi connectivity index (χ0) is 11.1. The largest absolute Gasteiger partial charge is 0.497 e. The van der Waals surface area contributed by atoms with Crippen molar-refractivity contribution >= 4 is 11.6 Å². The van der Waals surface area contributed by atoms with Gasteiger partial charge < -0.3 is 15.2 Å². The van der Waals surface area contributed by atoms with E-state index in [9.17, 15) is 4.79 Å². The van der Waals surface area contributed by atoms with Crippen molar-refractivity contribution in [3.8, 4) is 5.75 Å². The number of aliphatic hydroxyl groups excluding tert-OH is 1. The molecule has 82 valence electrons. The number of nitrogens with one attached hydrogen (secondary N) is 1. The quantitative estimate of drug-likeness (QED) is 0.770. The van der Waals surface area contributed by atoms with E-state index in [4.69, 9.17) is 9.84 Å². The molecule has 0 atom stereocenters. The molecule has 0 unspecified atom stereocenters. The molecule has 1 rings (SSSR count). The molecule has 0 aromatic heterocycles. The lowest BCUT2D eigenvalue weighted by atomic mass is 10.2. The summed E-state index contributed by atoms with van der Waals surface area (Å²) < 4.78 is 5.03. The van der Waals surface area contributed by atoms with Crippen LogP contribution >= 0.6 is 0 Å². The van der Waals surface area contributed by atoms with Crippen LogP contribution in [-0.4, -0.2) is 24.7 Å². The number of methoxy groups -OCH3 is 1. The van der Waals surface area contributed by atoms with Gasteiger partial charge in [-0.05, 0) is 18.6 Å². The van der Waals surface area contributed by atoms with E-state index >= 15 is 0 Å². The average Bonchev–Trinajstić information content (AvgIpc) is 2.26. The minimum Gasteiger partial charge on any atom is -0.497 e. The van der Waals surface area contributed by atoms with Crippen LogP contribution < -0.4 is 10.1 Å². The molecule has 1 aromatic rings. The zero-order valence-electron chi connectivity index (χ0n) is 8.69. The number of amides is 1. The van der Waals surface area contributed by atoms with Crippen LogP contribution in [0.2, 0.25) is 0 Å². The molecular formula is C11H15NO3. The number of ether oxygens (including phenoxy) is 1. The molecule has 1 aromatic carbocycles. The van der Waals surface area contributed by atoms with E-state index in [1.54, 1.807) is 25.3 Å². The van der Waals surface area contributed by atoms with Crippen LogP contribution in [0, 0.1) is 0 Å². The number of hydrogen-bond acceptors (Lipinski definition) is 3. The molecule has 4 heteroatoms. The monoisotopic (exact) mass is 209 g/mol. The molecular weight excluding hydrogens is 194 g/mol. The van der Waals surface area contributed by atoms with E-state index in [1.165, 1.54) is 0 Å². The smallest absolute Gasteiger partial charge is 0.224 e. The Kier molecular flexibility index (Phi) is 4.63. The lowest BCUT2D eigenvalue weighted by molar-refractivity contribution is -0.116. The molecule has 15 heavy (non-hydrogen) atoms. The van der Waals surface area contributed by atoms with Crippen molar-refractivity contribution in [3.05, 3.63) is 24.3 Å². The van der Waals surface area contributed by atoms with E-state index in [-0.39, 0.29) is 12.5 Å². The average molecular weight is 209 g/mol. The molecule has 0 aliphatic carbocycles. The van der Waals surface area contributed by atoms with E-state index in [1.807, 2.05) is 6.07 Å². The highest BCUT2D eigenvalue weighted by Gasteiger charge is 2.02. The van der Waals surface area contributed by atoms with Crippen molar-refractivity contribution in [1.82, 2.24) is 0 Å². The first kappa shape index (κ1) is 11.5. The first-order chi connectivity index (χ1) is 7.26. The maximum atomic E-state index is 11.3. The van der Waals surface area contributed by atoms with Crippen LogP contribution in [0.5, 0.6) is 5.75 Å². The summed E-state index contributed by atoms with van der Waals surface area (Å²) in [5.41, 5.74) is 0.706. The van der Waals surface area contributed by atoms with Gasteiger partial charge in [0.15, 0.2) is 0 Å². The fraction of sp³-hybridized carbons (Fsp3) is 0.364. The first-order valence-electron chi connectivity index (χ1n) is 4.81. The third-order valence-electron chi connectivity index (χ3n) is 1.92. The van der Waals surface area contributed by atoms with E-state index < -0.39 is 0 Å². The number of aliphatic hydroxyl groups is 1. The zero-order valence-corrected chi connectivity index (χ0v) is 8.69. The predicted molar refractivity (Wildman–Crippen MR) is 57.9 cm³/mol. The normalized spacial score (nSPS) is 9.73. The first-order valence-corrected chi connectivity index (χ1v) is 4.81. The number of carbonyl (C=O) groups is 1. The molecule has 2 N–H and O–H groups in total. The molecule has 0 bridgehead atoms. The minimum absolute atomic E-state index is 0.0333. The Hall–Kier alpha value is -1.55. The molecule has 0 saturated carbocycles. The number of carbonyl (C=O) groups excluding carboxylic acids is 1. The third kappa shape index (κ3) is 3.99. The topological polar surface area (TPSA) is 58.6 Å². The highest BCUT2D eigenvalue weighted by Crippen LogP contribution is 2.16. The van der Waals surface area contributed by atoms with Crippen LogP contribution in [0.4, 0.5) is 5.69 Å². The molecule has 0 spiro atoms. The van der Waals surface area contributed by atoms with Crippen LogP contribution in [0.3, 0.4) is 0 Å². The summed E-state index contributed by atoms with van der Waals surface area (Å²) in [5, 5.41) is 11.3. The van der Waals surface area contributed by atoms with E-state index in [0.29, 0.717) is 24.3 Å². The summed E-state index contributed by atoms with van der Waals surface area (Å²) in [6.45, 7) is 0.0333. The Morgan fingerprint density at radius 1 is 1.53 bits per heavy atom. The van der Waals surface area contributed by atoms with Gasteiger partial charge in [0.1, 0.15) is 5.75 Å². The maximum Gasteiger partial charge on any atom is 0.224 e. The minimum atomic E-state index is -0.0997. The predicted octanol–water partition coefficient (Wildman–Crippen LogP) is 1.41. The molecule has 4 nitrogen and oxygen atoms in total. The van der Waals surface area contributed by atoms with Crippen LogP contribution in [-0.2, 0) is 4.79 Å². The molecule has 0 saturated heterocycles. The van der Waals surface area contributed by atoms with Gasteiger partial charge in [-0.1, -0.05) is 6.07 Å². The van der Waals surface area contributed by atoms with Crippen molar-refractivity contribution in [2.75, 3.05) is 19.0 Å². The number of hydrogen-bond donors (Lipinski definition) is 2. The molecule has 0 fully saturated rings. The molecule has 0 radical (unpaired) electrons. The summed E-state index contributed by atoms with van der Waals surface area (Å²) in [5.74, 6) is 0.604. The number of anilines is 1. The summed E-state index contributed by atoms with van der Waals surface area (Å²) in [6.07, 6.45) is 0.809. The molecule has 0 aliphatic heterocycles. The summed E-state index contributed by atoms with van der Waals surface area (Å²) in [4.78, 5) is 11.3. The maximum absolute atomic E-state index is 11.3. The van der Waals surface area contributed by atoms with Crippen LogP contribution in [0.1, 0.15) is 12.8 Å². The van der Waals surface area contributed by atoms with Crippen molar-refractivity contribution < 1.29 is 14.6 Å². The lowest BCUT2D eigenvalue weighted by Gasteiger charge is -2.06. The van der Waals surface area contributed by atoms with Gasteiger partial charge in [0.05, 0.1) is 7.11 Å². The second kappa shape index (κ2) is 6.03. The van der Waals surface area contributed by atoms with E-state index in [0.717, 1.165) is 0 Å². The highest BCUT2D eigenvalue weighted by molar-refractivity contribution is 5.90. The van der Waals surface area contributed by atoms with Crippen LogP contribution in [0.15, 0.2) is 24.3 Å². The number of benzene rings is 1. The van der Waals surface area contributed by atoms with Gasteiger partial charge in [-0.15, -0.1) is 0 Å². The summed E-state index contributed by atoms with van der Waals surface area (Å²) >= 11 is 0. The van der Waals surface area contributed by atoms with Gasteiger partial charge in [-0.2, -0.15) is 0 Å². The van der Waals surface area contributed by atoms with Crippen molar-refractivity contribution in [2.45, 2.75) is 12.8 Å². The van der Waals surface area contributed by atoms with Gasteiger partial charge in [-0.25, -0.2) is 0 Å². The molecule has 1 amide bonds. The molecule has 0 heterocycles. The van der Waals surface area contributed by atoms with Gasteiger partial charge in [-0.3, -0.25) is 4.79 Å². The Bertz CT molecular complexity index is 325. The van der Waals surface area contributed by atoms with Crippen molar-refractivity contribution in [3.63, 3.8) is 0 Å². The summed E-state index contributed by atoms with van der Waals surface area (Å²) in [7, 11) is 1.58. The second-order valence-corrected chi connectivity index (χ2v) is 3.11. The van der Waals surface area contributed by atoms with Crippen LogP contribution in [0.25, 0.3) is 0 Å². The Labute approximate surface area is 88.9 Å².